The van der Waals surface area contributed by atoms with Gasteiger partial charge in [-0.05, 0) is 46.5 Å². The highest BCUT2D eigenvalue weighted by Gasteiger charge is 2.22. The fourth-order valence-corrected chi connectivity index (χ4v) is 3.49. The van der Waals surface area contributed by atoms with Gasteiger partial charge in [0.1, 0.15) is 0 Å². The summed E-state index contributed by atoms with van der Waals surface area (Å²) in [6.07, 6.45) is 5.72. The highest BCUT2D eigenvalue weighted by Crippen LogP contribution is 2.25. The van der Waals surface area contributed by atoms with Crippen LogP contribution in [0.5, 0.6) is 0 Å². The molecule has 96 valence electrons. The Labute approximate surface area is 101 Å². The summed E-state index contributed by atoms with van der Waals surface area (Å²) in [6, 6.07) is 0. The van der Waals surface area contributed by atoms with Crippen LogP contribution in [-0.4, -0.2) is 28.3 Å². The third kappa shape index (κ3) is 5.99. The van der Waals surface area contributed by atoms with Gasteiger partial charge in [-0.15, -0.1) is 0 Å². The van der Waals surface area contributed by atoms with Crippen molar-refractivity contribution in [3.8, 4) is 0 Å². The Morgan fingerprint density at radius 2 is 1.50 bits per heavy atom. The molecule has 0 atom stereocenters. The molecule has 1 saturated carbocycles. The number of hydrogen-bond donors (Lipinski definition) is 0. The van der Waals surface area contributed by atoms with Crippen molar-refractivity contribution in [1.82, 2.24) is 0 Å². The second kappa shape index (κ2) is 7.43. The van der Waals surface area contributed by atoms with E-state index >= 15 is 0 Å². The highest BCUT2D eigenvalue weighted by atomic mass is 28.3. The summed E-state index contributed by atoms with van der Waals surface area (Å²) in [4.78, 5) is 0. The molecular formula is C12H26O3Si. The van der Waals surface area contributed by atoms with Gasteiger partial charge in [-0.2, -0.15) is 0 Å². The summed E-state index contributed by atoms with van der Waals surface area (Å²) in [7, 11) is -1.91. The molecule has 3 nitrogen and oxygen atoms in total. The van der Waals surface area contributed by atoms with E-state index in [4.69, 9.17) is 13.3 Å². The van der Waals surface area contributed by atoms with Crippen LogP contribution in [0.25, 0.3) is 0 Å². The fraction of sp³-hybridized carbons (Fsp3) is 1.00. The maximum atomic E-state index is 5.84. The van der Waals surface area contributed by atoms with Crippen LogP contribution in [-0.2, 0) is 13.3 Å². The lowest BCUT2D eigenvalue weighted by atomic mass is 10.1. The van der Waals surface area contributed by atoms with Crippen LogP contribution in [0.15, 0.2) is 0 Å². The molecule has 1 fully saturated rings. The minimum absolute atomic E-state index is 0.194. The molecule has 0 aromatic rings. The quantitative estimate of drug-likeness (QED) is 0.647. The zero-order valence-corrected chi connectivity index (χ0v) is 12.2. The minimum atomic E-state index is -1.91. The van der Waals surface area contributed by atoms with Gasteiger partial charge in [0, 0.05) is 18.8 Å². The molecule has 0 aromatic heterocycles. The Bertz CT molecular complexity index is 169. The summed E-state index contributed by atoms with van der Waals surface area (Å²) in [5, 5.41) is 0. The van der Waals surface area contributed by atoms with Crippen LogP contribution in [0.1, 0.15) is 53.4 Å². The van der Waals surface area contributed by atoms with Crippen LogP contribution >= 0.6 is 0 Å². The average Bonchev–Trinajstić information content (AvgIpc) is 2.64. The molecule has 0 aliphatic heterocycles. The van der Waals surface area contributed by atoms with Crippen LogP contribution in [0, 0.1) is 5.92 Å². The molecule has 16 heavy (non-hydrogen) atoms. The largest absolute Gasteiger partial charge is 0.484 e. The maximum Gasteiger partial charge on any atom is 0.484 e. The van der Waals surface area contributed by atoms with Gasteiger partial charge >= 0.3 is 9.53 Å². The number of rotatable bonds is 7. The van der Waals surface area contributed by atoms with E-state index in [2.05, 4.69) is 0 Å². The van der Waals surface area contributed by atoms with Crippen molar-refractivity contribution in [2.24, 2.45) is 5.92 Å². The summed E-state index contributed by atoms with van der Waals surface area (Å²) in [5.74, 6) is 0.738. The van der Waals surface area contributed by atoms with E-state index in [1.165, 1.54) is 25.7 Å². The predicted octanol–water partition coefficient (Wildman–Crippen LogP) is 2.76. The number of hydrogen-bond acceptors (Lipinski definition) is 3. The summed E-state index contributed by atoms with van der Waals surface area (Å²) in [6.45, 7) is 8.95. The topological polar surface area (TPSA) is 27.7 Å². The van der Waals surface area contributed by atoms with Crippen molar-refractivity contribution in [3.05, 3.63) is 0 Å². The van der Waals surface area contributed by atoms with E-state index in [0.29, 0.717) is 0 Å². The molecule has 0 aromatic carbocycles. The lowest BCUT2D eigenvalue weighted by molar-refractivity contribution is 0.0420. The molecule has 1 rings (SSSR count). The maximum absolute atomic E-state index is 5.84. The average molecular weight is 246 g/mol. The van der Waals surface area contributed by atoms with Crippen molar-refractivity contribution >= 4 is 9.53 Å². The molecule has 1 aliphatic carbocycles. The first-order chi connectivity index (χ1) is 7.58. The normalized spacial score (nSPS) is 18.2. The van der Waals surface area contributed by atoms with Gasteiger partial charge < -0.3 is 13.3 Å². The molecule has 0 spiro atoms. The van der Waals surface area contributed by atoms with Crippen LogP contribution in [0.4, 0.5) is 0 Å². The monoisotopic (exact) mass is 246 g/mol. The third-order valence-electron chi connectivity index (χ3n) is 2.71. The van der Waals surface area contributed by atoms with Gasteiger partial charge in [0.05, 0.1) is 0 Å². The molecule has 0 bridgehead atoms. The second-order valence-electron chi connectivity index (χ2n) is 5.14. The zero-order chi connectivity index (χ0) is 12.0. The second-order valence-corrected chi connectivity index (χ2v) is 6.60. The summed E-state index contributed by atoms with van der Waals surface area (Å²) < 4.78 is 17.3. The lowest BCUT2D eigenvalue weighted by Crippen LogP contribution is -2.34. The summed E-state index contributed by atoms with van der Waals surface area (Å²) >= 11 is 0. The van der Waals surface area contributed by atoms with Crippen molar-refractivity contribution in [2.45, 2.75) is 65.6 Å². The van der Waals surface area contributed by atoms with E-state index in [1.54, 1.807) is 0 Å². The van der Waals surface area contributed by atoms with E-state index in [1.807, 2.05) is 27.7 Å². The van der Waals surface area contributed by atoms with E-state index in [9.17, 15) is 0 Å². The molecule has 0 amide bonds. The fourth-order valence-electron chi connectivity index (χ4n) is 1.95. The van der Waals surface area contributed by atoms with Gasteiger partial charge in [-0.25, -0.2) is 0 Å². The third-order valence-corrected chi connectivity index (χ3v) is 4.71. The summed E-state index contributed by atoms with van der Waals surface area (Å²) in [5.41, 5.74) is 0. The Kier molecular flexibility index (Phi) is 6.57. The Hall–Kier alpha value is 0.0969. The molecule has 0 unspecified atom stereocenters. The van der Waals surface area contributed by atoms with Gasteiger partial charge in [0.2, 0.25) is 0 Å². The van der Waals surface area contributed by atoms with Crippen LogP contribution in [0.3, 0.4) is 0 Å². The SMILES string of the molecule is CC(C)O[SiH](OCC1CCCC1)OC(C)C. The molecule has 0 heterocycles. The molecule has 0 N–H and O–H groups in total. The van der Waals surface area contributed by atoms with Gasteiger partial charge in [-0.3, -0.25) is 0 Å². The van der Waals surface area contributed by atoms with Gasteiger partial charge in [0.15, 0.2) is 0 Å². The van der Waals surface area contributed by atoms with E-state index in [-0.39, 0.29) is 12.2 Å². The van der Waals surface area contributed by atoms with E-state index < -0.39 is 9.53 Å². The van der Waals surface area contributed by atoms with Gasteiger partial charge in [0.25, 0.3) is 0 Å². The van der Waals surface area contributed by atoms with Crippen molar-refractivity contribution in [2.75, 3.05) is 6.61 Å². The first kappa shape index (κ1) is 14.2. The highest BCUT2D eigenvalue weighted by molar-refractivity contribution is 6.36. The first-order valence-corrected chi connectivity index (χ1v) is 7.92. The van der Waals surface area contributed by atoms with Gasteiger partial charge in [-0.1, -0.05) is 12.8 Å². The minimum Gasteiger partial charge on any atom is -0.376 e. The van der Waals surface area contributed by atoms with Crippen molar-refractivity contribution in [1.29, 1.82) is 0 Å². The standard InChI is InChI=1S/C12H26O3Si/c1-10(2)14-16(15-11(3)4)13-9-12-7-5-6-8-12/h10-12,16H,5-9H2,1-4H3. The molecule has 1 aliphatic rings. The molecule has 0 radical (unpaired) electrons. The molecule has 0 saturated heterocycles. The molecular weight excluding hydrogens is 220 g/mol. The lowest BCUT2D eigenvalue weighted by Gasteiger charge is -2.22. The Balaban J connectivity index is 2.24. The van der Waals surface area contributed by atoms with Crippen molar-refractivity contribution < 1.29 is 13.3 Å². The first-order valence-electron chi connectivity index (χ1n) is 6.50. The predicted molar refractivity (Wildman–Crippen MR) is 67.5 cm³/mol. The molecule has 4 heteroatoms. The smallest absolute Gasteiger partial charge is 0.376 e. The Morgan fingerprint density at radius 3 is 1.94 bits per heavy atom. The zero-order valence-electron chi connectivity index (χ0n) is 11.1. The van der Waals surface area contributed by atoms with Crippen molar-refractivity contribution in [3.63, 3.8) is 0 Å². The van der Waals surface area contributed by atoms with E-state index in [0.717, 1.165) is 12.5 Å². The Morgan fingerprint density at radius 1 is 1.00 bits per heavy atom. The van der Waals surface area contributed by atoms with Crippen LogP contribution in [0.2, 0.25) is 0 Å². The van der Waals surface area contributed by atoms with Crippen LogP contribution < -0.4 is 0 Å².